The summed E-state index contributed by atoms with van der Waals surface area (Å²) in [4.78, 5) is 16.4. The first-order valence-corrected chi connectivity index (χ1v) is 20.8. The molecule has 30 heteroatoms. The fraction of sp³-hybridized carbons (Fsp3) is 0.188. The van der Waals surface area contributed by atoms with Gasteiger partial charge in [0.05, 0.1) is 62.5 Å². The van der Waals surface area contributed by atoms with Gasteiger partial charge in [0.2, 0.25) is 0 Å². The summed E-state index contributed by atoms with van der Waals surface area (Å²) >= 11 is 0. The zero-order valence-corrected chi connectivity index (χ0v) is 37.7. The quantitative estimate of drug-likeness (QED) is 0.0380. The van der Waals surface area contributed by atoms with Crippen LogP contribution in [0.3, 0.4) is 0 Å². The minimum Gasteiger partial charge on any atom is -0.289 e. The number of Topliss-reactive ketones (excluding diaryl/α,β-unsaturated/α-hetero) is 1. The summed E-state index contributed by atoms with van der Waals surface area (Å²) in [6, 6.07) is 3.37. The van der Waals surface area contributed by atoms with E-state index in [-0.39, 0.29) is 23.5 Å². The largest absolute Gasteiger partial charge is 0.416 e. The second-order valence-electron chi connectivity index (χ2n) is 16.4. The lowest BCUT2D eigenvalue weighted by Gasteiger charge is -2.46. The molecule has 0 bridgehead atoms. The Morgan fingerprint density at radius 1 is 0.410 bits per heavy atom. The minimum atomic E-state index is -6.13. The highest BCUT2D eigenvalue weighted by atomic mass is 19.4. The molecule has 0 spiro atoms. The van der Waals surface area contributed by atoms with Crippen molar-refractivity contribution < 1.29 is 115 Å². The van der Waals surface area contributed by atoms with Crippen molar-refractivity contribution in [1.29, 1.82) is 10.5 Å². The number of alkyl halides is 24. The molecule has 412 valence electrons. The summed E-state index contributed by atoms with van der Waals surface area (Å²) in [5.74, 6) is -0.321. The van der Waals surface area contributed by atoms with Crippen molar-refractivity contribution in [1.82, 2.24) is 4.98 Å². The first-order valence-electron chi connectivity index (χ1n) is 20.8. The topological polar surface area (TPSA) is 81.4 Å². The molecule has 6 rings (SSSR count). The molecule has 0 N–H and O–H groups in total. The van der Waals surface area contributed by atoms with Gasteiger partial charge in [0.1, 0.15) is 23.9 Å². The normalized spacial score (nSPS) is 12.9. The molecule has 0 fully saturated rings. The van der Waals surface area contributed by atoms with Gasteiger partial charge >= 0.3 is 49.4 Å². The number of aromatic nitrogens is 2. The van der Waals surface area contributed by atoms with Crippen LogP contribution in [0.1, 0.15) is 54.9 Å². The van der Waals surface area contributed by atoms with Gasteiger partial charge in [0, 0.05) is 5.56 Å². The van der Waals surface area contributed by atoms with Crippen LogP contribution in [0.25, 0.3) is 0 Å². The van der Waals surface area contributed by atoms with Crippen LogP contribution in [-0.4, -0.2) is 16.9 Å². The second kappa shape index (κ2) is 21.4. The van der Waals surface area contributed by atoms with E-state index in [9.17, 15) is 110 Å². The summed E-state index contributed by atoms with van der Waals surface area (Å²) in [7, 11) is 0. The number of benzene rings is 5. The van der Waals surface area contributed by atoms with Crippen LogP contribution < -0.4 is 26.4 Å². The number of carbonyl (C=O) groups is 1. The molecule has 0 atom stereocenters. The molecule has 0 saturated heterocycles. The molecule has 0 aliphatic rings. The summed E-state index contributed by atoms with van der Waals surface area (Å²) in [6.45, 7) is 0.146. The maximum atomic E-state index is 14.2. The van der Waals surface area contributed by atoms with E-state index in [1.807, 2.05) is 0 Å². The molecule has 0 radical (unpaired) electrons. The van der Waals surface area contributed by atoms with Gasteiger partial charge in [-0.2, -0.15) is 142 Å². The highest BCUT2D eigenvalue weighted by Crippen LogP contribution is 2.41. The van der Waals surface area contributed by atoms with E-state index in [1.165, 1.54) is 0 Å². The summed E-state index contributed by atoms with van der Waals surface area (Å²) < 4.78 is 343. The van der Waals surface area contributed by atoms with E-state index in [2.05, 4.69) is 4.98 Å². The average molecular weight is 1140 g/mol. The smallest absolute Gasteiger partial charge is 0.289 e. The van der Waals surface area contributed by atoms with Crippen LogP contribution in [0.15, 0.2) is 139 Å². The highest BCUT2D eigenvalue weighted by Gasteiger charge is 2.47. The molecule has 0 saturated carbocycles. The van der Waals surface area contributed by atoms with Gasteiger partial charge in [-0.1, -0.05) is 78.9 Å². The zero-order chi connectivity index (χ0) is 59.0. The Labute approximate surface area is 420 Å². The van der Waals surface area contributed by atoms with E-state index < -0.39 is 195 Å². The lowest BCUT2D eigenvalue weighted by molar-refractivity contribution is -0.688. The van der Waals surface area contributed by atoms with Crippen LogP contribution in [0, 0.1) is 22.7 Å². The van der Waals surface area contributed by atoms with Gasteiger partial charge < -0.3 is 0 Å². The fourth-order valence-electron chi connectivity index (χ4n) is 7.89. The van der Waals surface area contributed by atoms with E-state index in [0.29, 0.717) is 5.56 Å². The second-order valence-corrected chi connectivity index (χ2v) is 16.4. The Bertz CT molecular complexity index is 2850. The van der Waals surface area contributed by atoms with Gasteiger partial charge in [0.15, 0.2) is 24.7 Å². The van der Waals surface area contributed by atoms with Crippen molar-refractivity contribution in [2.24, 2.45) is 0 Å². The molecule has 1 aromatic heterocycles. The Hall–Kier alpha value is -8.05. The number of rotatable bonds is 8. The third kappa shape index (κ3) is 13.9. The van der Waals surface area contributed by atoms with Crippen LogP contribution in [0.2, 0.25) is 0 Å². The number of ketones is 1. The molecule has 0 aliphatic carbocycles. The molecule has 0 unspecified atom stereocenters. The van der Waals surface area contributed by atoms with Crippen LogP contribution in [0.4, 0.5) is 105 Å². The van der Waals surface area contributed by atoms with E-state index in [4.69, 9.17) is 10.5 Å². The molecule has 78 heavy (non-hydrogen) atoms. The molecule has 5 nitrogen and oxygen atoms in total. The summed E-state index contributed by atoms with van der Waals surface area (Å²) in [6.07, 6.45) is -48.3. The molecule has 1 heterocycles. The Morgan fingerprint density at radius 2 is 0.654 bits per heavy atom. The van der Waals surface area contributed by atoms with E-state index >= 15 is 0 Å². The first-order chi connectivity index (χ1) is 35.5. The Balaban J connectivity index is 0.000000443. The average Bonchev–Trinajstić information content (AvgIpc) is 3.34. The maximum Gasteiger partial charge on any atom is 0.416 e. The van der Waals surface area contributed by atoms with Crippen LogP contribution in [-0.2, 0) is 56.0 Å². The van der Waals surface area contributed by atoms with Crippen molar-refractivity contribution >= 4 is 33.8 Å². The van der Waals surface area contributed by atoms with Crippen LogP contribution >= 0.6 is 0 Å². The predicted molar refractivity (Wildman–Crippen MR) is 224 cm³/mol. The van der Waals surface area contributed by atoms with E-state index in [1.54, 1.807) is 71.8 Å². The molecule has 5 aromatic carbocycles. The number of carbonyl (C=O) groups excluding carboxylic acids is 1. The predicted octanol–water partition coefficient (Wildman–Crippen LogP) is 12.8. The minimum absolute atomic E-state index is 0.146. The number of hydrogen-bond acceptors (Lipinski definition) is 4. The molecule has 0 amide bonds. The number of hydrogen-bond donors (Lipinski definition) is 0. The third-order valence-electron chi connectivity index (χ3n) is 11.3. The van der Waals surface area contributed by atoms with Gasteiger partial charge in [-0.25, -0.2) is 0 Å². The highest BCUT2D eigenvalue weighted by molar-refractivity contribution is 7.20. The molecular formula is C48H23BF24N4O. The maximum absolute atomic E-state index is 14.2. The number of allylic oxidation sites excluding steroid dienone is 2. The number of nitrogens with zero attached hydrogens (tertiary/aromatic N) is 4. The third-order valence-corrected chi connectivity index (χ3v) is 11.3. The van der Waals surface area contributed by atoms with E-state index in [0.717, 1.165) is 0 Å². The van der Waals surface area contributed by atoms with Crippen molar-refractivity contribution in [2.75, 3.05) is 0 Å². The number of nitriles is 2. The lowest BCUT2D eigenvalue weighted by Crippen LogP contribution is -2.75. The Morgan fingerprint density at radius 3 is 0.872 bits per heavy atom. The standard InChI is InChI=1S/C32H12BF24.C16H11N4O/c34-25(35,36)13-1-14(26(37,38)39)6-21(5-13)33(22-7-15(27(40,41)42)2-16(8-22)28(43,44)45,23-9-17(29(46,47)48)3-18(10-23)30(49,50)51)24-11-19(31(52,53)54)4-20(12-24)32(55,56)57;17-10-14(11-18)15(12-20-8-6-19-7-9-20)16(21)13-4-2-1-3-5-13/h1-12H;1-9H,12H2/q-1;+1. The SMILES string of the molecule is FC(F)(F)c1cc([B-](c2cc(C(F)(F)F)cc(C(F)(F)F)c2)(c2cc(C(F)(F)F)cc(C(F)(F)F)c2)c2cc(C(F)(F)F)cc(C(F)(F)F)c2)cc(C(F)(F)F)c1.N#CC(C#N)=C(C[n+]1ccncc1)C(=O)c1ccccc1. The summed E-state index contributed by atoms with van der Waals surface area (Å²) in [5, 5.41) is 18.1. The monoisotopic (exact) mass is 1140 g/mol. The number of halogens is 24. The van der Waals surface area contributed by atoms with Crippen molar-refractivity contribution in [3.05, 3.63) is 189 Å². The zero-order valence-electron chi connectivity index (χ0n) is 37.7. The molecule has 0 aliphatic heterocycles. The van der Waals surface area contributed by atoms with Gasteiger partial charge in [0.25, 0.3) is 0 Å². The van der Waals surface area contributed by atoms with Crippen molar-refractivity contribution in [3.8, 4) is 12.1 Å². The van der Waals surface area contributed by atoms with Gasteiger partial charge in [-0.05, 0) is 24.3 Å². The lowest BCUT2D eigenvalue weighted by atomic mass is 9.12. The molecule has 6 aromatic rings. The van der Waals surface area contributed by atoms with Crippen molar-refractivity contribution in [2.45, 2.75) is 56.0 Å². The molecular weight excluding hydrogens is 1120 g/mol. The van der Waals surface area contributed by atoms with Crippen molar-refractivity contribution in [3.63, 3.8) is 0 Å². The van der Waals surface area contributed by atoms with Crippen LogP contribution in [0.5, 0.6) is 0 Å². The van der Waals surface area contributed by atoms with Gasteiger partial charge in [-0.3, -0.25) is 9.78 Å². The summed E-state index contributed by atoms with van der Waals surface area (Å²) in [5.41, 5.74) is -29.8. The fourth-order valence-corrected chi connectivity index (χ4v) is 7.89. The van der Waals surface area contributed by atoms with Gasteiger partial charge in [-0.15, -0.1) is 0 Å². The Kier molecular flexibility index (Phi) is 16.7. The first kappa shape index (κ1) is 60.8.